The van der Waals surface area contributed by atoms with Gasteiger partial charge in [-0.2, -0.15) is 0 Å². The average Bonchev–Trinajstić information content (AvgIpc) is 3.09. The van der Waals surface area contributed by atoms with Crippen molar-refractivity contribution in [3.63, 3.8) is 0 Å². The van der Waals surface area contributed by atoms with Crippen LogP contribution in [0.2, 0.25) is 0 Å². The molecule has 3 atom stereocenters. The standard InChI is InChI=1S/C21H26N4O2/c1-15-13-16(15)20(26)23-10-7-21(14-23)18-6-4-9-24(18)19-17(5-3-8-22-19)25(21)11-12-27-2/h3-6,8-9,15-16H,7,10-14H2,1-2H3. The second kappa shape index (κ2) is 6.09. The minimum atomic E-state index is -0.216. The third-order valence-electron chi connectivity index (χ3n) is 6.53. The largest absolute Gasteiger partial charge is 0.383 e. The molecule has 6 heteroatoms. The number of rotatable bonds is 4. The summed E-state index contributed by atoms with van der Waals surface area (Å²) >= 11 is 0. The Kier molecular flexibility index (Phi) is 3.79. The Balaban J connectivity index is 1.57. The maximum absolute atomic E-state index is 12.9. The first-order chi connectivity index (χ1) is 13.2. The maximum Gasteiger partial charge on any atom is 0.226 e. The smallest absolute Gasteiger partial charge is 0.226 e. The molecule has 0 aromatic carbocycles. The molecule has 0 radical (unpaired) electrons. The molecule has 1 saturated carbocycles. The van der Waals surface area contributed by atoms with Crippen molar-refractivity contribution in [1.29, 1.82) is 0 Å². The van der Waals surface area contributed by atoms with Crippen LogP contribution in [0.25, 0.3) is 5.82 Å². The zero-order chi connectivity index (χ0) is 18.6. The number of pyridine rings is 1. The average molecular weight is 366 g/mol. The first kappa shape index (κ1) is 16.8. The lowest BCUT2D eigenvalue weighted by Crippen LogP contribution is -2.53. The van der Waals surface area contributed by atoms with Gasteiger partial charge in [-0.15, -0.1) is 0 Å². The number of carbonyl (C=O) groups is 1. The molecule has 142 valence electrons. The van der Waals surface area contributed by atoms with Gasteiger partial charge in [0.05, 0.1) is 18.0 Å². The number of anilines is 1. The van der Waals surface area contributed by atoms with Crippen LogP contribution in [-0.4, -0.2) is 53.7 Å². The molecular formula is C21H26N4O2. The van der Waals surface area contributed by atoms with Gasteiger partial charge in [0, 0.05) is 45.1 Å². The molecular weight excluding hydrogens is 340 g/mol. The summed E-state index contributed by atoms with van der Waals surface area (Å²) in [7, 11) is 1.74. The summed E-state index contributed by atoms with van der Waals surface area (Å²) in [4.78, 5) is 22.1. The highest BCUT2D eigenvalue weighted by atomic mass is 16.5. The number of carbonyl (C=O) groups excluding carboxylic acids is 1. The SMILES string of the molecule is COCCN1c2cccnc2-n2cccc2C12CCN(C(=O)C1CC1C)C2. The highest BCUT2D eigenvalue weighted by Gasteiger charge is 2.52. The van der Waals surface area contributed by atoms with E-state index in [1.54, 1.807) is 7.11 Å². The predicted molar refractivity (Wildman–Crippen MR) is 103 cm³/mol. The van der Waals surface area contributed by atoms with Crippen LogP contribution in [0.1, 0.15) is 25.5 Å². The summed E-state index contributed by atoms with van der Waals surface area (Å²) < 4.78 is 7.62. The monoisotopic (exact) mass is 366 g/mol. The van der Waals surface area contributed by atoms with E-state index in [0.717, 1.165) is 44.0 Å². The van der Waals surface area contributed by atoms with E-state index in [9.17, 15) is 4.79 Å². The summed E-state index contributed by atoms with van der Waals surface area (Å²) in [5.41, 5.74) is 2.13. The van der Waals surface area contributed by atoms with Crippen LogP contribution in [0.3, 0.4) is 0 Å². The molecule has 3 aliphatic rings. The molecule has 2 aromatic rings. The lowest BCUT2D eigenvalue weighted by atomic mass is 9.89. The van der Waals surface area contributed by atoms with Crippen molar-refractivity contribution in [2.24, 2.45) is 11.8 Å². The van der Waals surface area contributed by atoms with Gasteiger partial charge < -0.3 is 19.1 Å². The fourth-order valence-corrected chi connectivity index (χ4v) is 4.93. The van der Waals surface area contributed by atoms with Gasteiger partial charge in [0.25, 0.3) is 0 Å². The molecule has 4 heterocycles. The number of hydrogen-bond acceptors (Lipinski definition) is 4. The number of hydrogen-bond donors (Lipinski definition) is 0. The Morgan fingerprint density at radius 3 is 3.00 bits per heavy atom. The van der Waals surface area contributed by atoms with Crippen molar-refractivity contribution in [2.75, 3.05) is 38.3 Å². The van der Waals surface area contributed by atoms with E-state index in [-0.39, 0.29) is 11.5 Å². The molecule has 0 N–H and O–H groups in total. The molecule has 6 nitrogen and oxygen atoms in total. The molecule has 27 heavy (non-hydrogen) atoms. The number of ether oxygens (including phenoxy) is 1. The third-order valence-corrected chi connectivity index (χ3v) is 6.53. The van der Waals surface area contributed by atoms with Crippen LogP contribution in [0.5, 0.6) is 0 Å². The molecule has 2 aliphatic heterocycles. The molecule has 1 spiro atoms. The van der Waals surface area contributed by atoms with Crippen molar-refractivity contribution < 1.29 is 9.53 Å². The Morgan fingerprint density at radius 1 is 1.37 bits per heavy atom. The number of fused-ring (bicyclic) bond motifs is 4. The van der Waals surface area contributed by atoms with Gasteiger partial charge in [-0.25, -0.2) is 4.98 Å². The Hall–Kier alpha value is -2.34. The Labute approximate surface area is 159 Å². The van der Waals surface area contributed by atoms with Crippen LogP contribution >= 0.6 is 0 Å². The lowest BCUT2D eigenvalue weighted by molar-refractivity contribution is -0.132. The third kappa shape index (κ3) is 2.42. The molecule has 5 rings (SSSR count). The first-order valence-electron chi connectivity index (χ1n) is 9.84. The number of amides is 1. The van der Waals surface area contributed by atoms with E-state index < -0.39 is 0 Å². The first-order valence-corrected chi connectivity index (χ1v) is 9.84. The second-order valence-electron chi connectivity index (χ2n) is 8.11. The van der Waals surface area contributed by atoms with E-state index in [1.807, 2.05) is 12.3 Å². The highest BCUT2D eigenvalue weighted by molar-refractivity contribution is 5.82. The number of likely N-dealkylation sites (tertiary alicyclic amines) is 1. The molecule has 2 aromatic heterocycles. The zero-order valence-corrected chi connectivity index (χ0v) is 16.0. The van der Waals surface area contributed by atoms with Crippen LogP contribution in [0, 0.1) is 11.8 Å². The van der Waals surface area contributed by atoms with Crippen LogP contribution in [0.4, 0.5) is 5.69 Å². The number of methoxy groups -OCH3 is 1. The van der Waals surface area contributed by atoms with Crippen molar-refractivity contribution >= 4 is 11.6 Å². The topological polar surface area (TPSA) is 50.6 Å². The fourth-order valence-electron chi connectivity index (χ4n) is 4.93. The van der Waals surface area contributed by atoms with Gasteiger partial charge in [-0.3, -0.25) is 4.79 Å². The normalized spacial score (nSPS) is 28.4. The summed E-state index contributed by atoms with van der Waals surface area (Å²) in [5, 5.41) is 0. The molecule has 0 bridgehead atoms. The zero-order valence-electron chi connectivity index (χ0n) is 16.0. The van der Waals surface area contributed by atoms with Crippen molar-refractivity contribution in [2.45, 2.75) is 25.3 Å². The molecule has 3 unspecified atom stereocenters. The molecule has 2 fully saturated rings. The van der Waals surface area contributed by atoms with E-state index in [4.69, 9.17) is 4.74 Å². The number of nitrogens with zero attached hydrogens (tertiary/aromatic N) is 4. The van der Waals surface area contributed by atoms with Crippen LogP contribution in [-0.2, 0) is 15.1 Å². The van der Waals surface area contributed by atoms with E-state index in [1.165, 1.54) is 5.69 Å². The van der Waals surface area contributed by atoms with E-state index >= 15 is 0 Å². The Morgan fingerprint density at radius 2 is 2.22 bits per heavy atom. The second-order valence-corrected chi connectivity index (χ2v) is 8.11. The quantitative estimate of drug-likeness (QED) is 0.834. The summed E-state index contributed by atoms with van der Waals surface area (Å²) in [6.45, 7) is 5.14. The minimum Gasteiger partial charge on any atom is -0.383 e. The summed E-state index contributed by atoms with van der Waals surface area (Å²) in [6.07, 6.45) is 5.90. The summed E-state index contributed by atoms with van der Waals surface area (Å²) in [5.74, 6) is 2.07. The van der Waals surface area contributed by atoms with Gasteiger partial charge in [-0.1, -0.05) is 6.92 Å². The molecule has 1 saturated heterocycles. The van der Waals surface area contributed by atoms with Crippen molar-refractivity contribution in [1.82, 2.24) is 14.5 Å². The van der Waals surface area contributed by atoms with Crippen LogP contribution in [0.15, 0.2) is 36.7 Å². The van der Waals surface area contributed by atoms with Crippen molar-refractivity contribution in [3.8, 4) is 5.82 Å². The van der Waals surface area contributed by atoms with Gasteiger partial charge in [0.1, 0.15) is 5.54 Å². The minimum absolute atomic E-state index is 0.216. The highest BCUT2D eigenvalue weighted by Crippen LogP contribution is 2.48. The fraction of sp³-hybridized carbons (Fsp3) is 0.524. The number of aromatic nitrogens is 2. The molecule has 1 amide bonds. The van der Waals surface area contributed by atoms with Crippen LogP contribution < -0.4 is 4.90 Å². The predicted octanol–water partition coefficient (Wildman–Crippen LogP) is 2.42. The summed E-state index contributed by atoms with van der Waals surface area (Å²) in [6, 6.07) is 8.40. The van der Waals surface area contributed by atoms with E-state index in [0.29, 0.717) is 18.4 Å². The van der Waals surface area contributed by atoms with Gasteiger partial charge in [0.2, 0.25) is 5.91 Å². The van der Waals surface area contributed by atoms with E-state index in [2.05, 4.69) is 50.7 Å². The Bertz CT molecular complexity index is 879. The van der Waals surface area contributed by atoms with Crippen molar-refractivity contribution in [3.05, 3.63) is 42.4 Å². The maximum atomic E-state index is 12.9. The van der Waals surface area contributed by atoms with Gasteiger partial charge >= 0.3 is 0 Å². The van der Waals surface area contributed by atoms with Gasteiger partial charge in [-0.05, 0) is 43.0 Å². The lowest BCUT2D eigenvalue weighted by Gasteiger charge is -2.47. The molecule has 1 aliphatic carbocycles. The van der Waals surface area contributed by atoms with Gasteiger partial charge in [0.15, 0.2) is 5.82 Å².